The first-order chi connectivity index (χ1) is 15.6. The fourth-order valence-electron chi connectivity index (χ4n) is 3.94. The van der Waals surface area contributed by atoms with Crippen molar-refractivity contribution in [2.75, 3.05) is 16.4 Å². The molecule has 6 nitrogen and oxygen atoms in total. The smallest absolute Gasteiger partial charge is 0.234 e. The van der Waals surface area contributed by atoms with E-state index in [-0.39, 0.29) is 17.6 Å². The number of nitrogens with one attached hydrogen (secondary N) is 2. The van der Waals surface area contributed by atoms with Gasteiger partial charge in [-0.05, 0) is 43.2 Å². The normalized spacial score (nSPS) is 14.3. The molecule has 0 unspecified atom stereocenters. The number of carbonyl (C=O) groups is 2. The number of thioether (sulfide) groups is 1. The molecule has 0 saturated heterocycles. The fourth-order valence-corrected chi connectivity index (χ4v) is 4.76. The molecule has 1 fully saturated rings. The van der Waals surface area contributed by atoms with E-state index in [9.17, 15) is 9.59 Å². The summed E-state index contributed by atoms with van der Waals surface area (Å²) in [5.74, 6) is 1.45. The van der Waals surface area contributed by atoms with Crippen LogP contribution in [-0.2, 0) is 9.59 Å². The Morgan fingerprint density at radius 3 is 2.25 bits per heavy atom. The molecule has 166 valence electrons. The Morgan fingerprint density at radius 2 is 1.56 bits per heavy atom. The van der Waals surface area contributed by atoms with Crippen LogP contribution in [0.4, 0.5) is 11.4 Å². The number of fused-ring (bicyclic) bond motifs is 1. The maximum Gasteiger partial charge on any atom is 0.234 e. The minimum atomic E-state index is -0.0951. The molecule has 1 saturated carbocycles. The number of rotatable bonds is 7. The Balaban J connectivity index is 1.43. The van der Waals surface area contributed by atoms with Gasteiger partial charge in [-0.3, -0.25) is 9.59 Å². The van der Waals surface area contributed by atoms with Crippen molar-refractivity contribution < 1.29 is 9.59 Å². The first kappa shape index (κ1) is 22.3. The quantitative estimate of drug-likeness (QED) is 0.355. The summed E-state index contributed by atoms with van der Waals surface area (Å²) in [4.78, 5) is 33.8. The molecule has 32 heavy (non-hydrogen) atoms. The highest BCUT2D eigenvalue weighted by Gasteiger charge is 2.20. The third-order valence-electron chi connectivity index (χ3n) is 5.67. The summed E-state index contributed by atoms with van der Waals surface area (Å²) in [6, 6.07) is 15.2. The van der Waals surface area contributed by atoms with Gasteiger partial charge >= 0.3 is 0 Å². The number of anilines is 2. The summed E-state index contributed by atoms with van der Waals surface area (Å²) in [5.41, 5.74) is 2.35. The molecule has 2 N–H and O–H groups in total. The van der Waals surface area contributed by atoms with Gasteiger partial charge in [0.05, 0.1) is 11.3 Å². The second-order valence-electron chi connectivity index (χ2n) is 8.05. The van der Waals surface area contributed by atoms with Gasteiger partial charge < -0.3 is 10.6 Å². The predicted molar refractivity (Wildman–Crippen MR) is 130 cm³/mol. The second-order valence-corrected chi connectivity index (χ2v) is 9.02. The molecule has 7 heteroatoms. The third kappa shape index (κ3) is 5.65. The molecule has 0 aliphatic heterocycles. The Kier molecular flexibility index (Phi) is 7.37. The zero-order valence-corrected chi connectivity index (χ0v) is 19.1. The molecule has 1 aromatic heterocycles. The Labute approximate surface area is 192 Å². The average molecular weight is 449 g/mol. The SMILES string of the molecule is CCC(=O)Nc1ccc(NC(=O)CSc2nc(C3CCCCC3)nc3ccccc23)cc1. The van der Waals surface area contributed by atoms with E-state index < -0.39 is 0 Å². The molecule has 2 aromatic carbocycles. The Hall–Kier alpha value is -2.93. The van der Waals surface area contributed by atoms with Gasteiger partial charge in [0.15, 0.2) is 0 Å². The van der Waals surface area contributed by atoms with Gasteiger partial charge in [0.2, 0.25) is 11.8 Å². The van der Waals surface area contributed by atoms with Crippen molar-refractivity contribution >= 4 is 45.9 Å². The van der Waals surface area contributed by atoms with Crippen LogP contribution in [0.2, 0.25) is 0 Å². The molecule has 0 bridgehead atoms. The molecule has 1 aliphatic rings. The Morgan fingerprint density at radius 1 is 0.906 bits per heavy atom. The van der Waals surface area contributed by atoms with Crippen LogP contribution in [0, 0.1) is 0 Å². The predicted octanol–water partition coefficient (Wildman–Crippen LogP) is 5.76. The van der Waals surface area contributed by atoms with Gasteiger partial charge in [0, 0.05) is 29.1 Å². The zero-order chi connectivity index (χ0) is 22.3. The lowest BCUT2D eigenvalue weighted by Gasteiger charge is -2.21. The minimum Gasteiger partial charge on any atom is -0.326 e. The van der Waals surface area contributed by atoms with Crippen LogP contribution in [0.5, 0.6) is 0 Å². The van der Waals surface area contributed by atoms with E-state index in [2.05, 4.69) is 10.6 Å². The lowest BCUT2D eigenvalue weighted by molar-refractivity contribution is -0.116. The number of nitrogens with zero attached hydrogens (tertiary/aromatic N) is 2. The maximum absolute atomic E-state index is 12.6. The van der Waals surface area contributed by atoms with Crippen molar-refractivity contribution in [1.82, 2.24) is 9.97 Å². The van der Waals surface area contributed by atoms with Crippen molar-refractivity contribution in [3.63, 3.8) is 0 Å². The van der Waals surface area contributed by atoms with E-state index >= 15 is 0 Å². The van der Waals surface area contributed by atoms with Gasteiger partial charge in [0.25, 0.3) is 0 Å². The van der Waals surface area contributed by atoms with Crippen molar-refractivity contribution in [3.8, 4) is 0 Å². The molecule has 0 spiro atoms. The van der Waals surface area contributed by atoms with Crippen LogP contribution >= 0.6 is 11.8 Å². The van der Waals surface area contributed by atoms with Crippen LogP contribution in [0.1, 0.15) is 57.2 Å². The number of amides is 2. The number of carbonyl (C=O) groups excluding carboxylic acids is 2. The molecule has 4 rings (SSSR count). The second kappa shape index (κ2) is 10.6. The van der Waals surface area contributed by atoms with Crippen molar-refractivity contribution in [3.05, 3.63) is 54.4 Å². The highest BCUT2D eigenvalue weighted by atomic mass is 32.2. The molecule has 1 aliphatic carbocycles. The monoisotopic (exact) mass is 448 g/mol. The lowest BCUT2D eigenvalue weighted by atomic mass is 9.88. The molecule has 0 atom stereocenters. The molecular formula is C25H28N4O2S. The van der Waals surface area contributed by atoms with E-state index in [1.165, 1.54) is 31.0 Å². The summed E-state index contributed by atoms with van der Waals surface area (Å²) in [6.45, 7) is 1.81. The number of hydrogen-bond acceptors (Lipinski definition) is 5. The van der Waals surface area contributed by atoms with Crippen molar-refractivity contribution in [2.24, 2.45) is 0 Å². The van der Waals surface area contributed by atoms with E-state index in [1.54, 1.807) is 31.2 Å². The number of para-hydroxylation sites is 1. The fraction of sp³-hybridized carbons (Fsp3) is 0.360. The van der Waals surface area contributed by atoms with Crippen LogP contribution in [0.15, 0.2) is 53.6 Å². The van der Waals surface area contributed by atoms with Crippen molar-refractivity contribution in [1.29, 1.82) is 0 Å². The number of benzene rings is 2. The highest BCUT2D eigenvalue weighted by Crippen LogP contribution is 2.34. The summed E-state index contributed by atoms with van der Waals surface area (Å²) in [6.07, 6.45) is 6.45. The zero-order valence-electron chi connectivity index (χ0n) is 18.3. The van der Waals surface area contributed by atoms with Crippen molar-refractivity contribution in [2.45, 2.75) is 56.4 Å². The lowest BCUT2D eigenvalue weighted by Crippen LogP contribution is -2.15. The number of hydrogen-bond donors (Lipinski definition) is 2. The largest absolute Gasteiger partial charge is 0.326 e. The van der Waals surface area contributed by atoms with Crippen LogP contribution in [-0.4, -0.2) is 27.5 Å². The van der Waals surface area contributed by atoms with Crippen LogP contribution < -0.4 is 10.6 Å². The summed E-state index contributed by atoms with van der Waals surface area (Å²) in [7, 11) is 0. The Bertz CT molecular complexity index is 1090. The summed E-state index contributed by atoms with van der Waals surface area (Å²) < 4.78 is 0. The summed E-state index contributed by atoms with van der Waals surface area (Å²) >= 11 is 1.45. The minimum absolute atomic E-state index is 0.0390. The van der Waals surface area contributed by atoms with E-state index in [0.717, 1.165) is 34.6 Å². The van der Waals surface area contributed by atoms with E-state index in [0.29, 0.717) is 23.7 Å². The first-order valence-corrected chi connectivity index (χ1v) is 12.2. The molecule has 1 heterocycles. The van der Waals surface area contributed by atoms with Gasteiger partial charge in [-0.15, -0.1) is 0 Å². The standard InChI is InChI=1S/C25H28N4O2S/c1-2-22(30)26-18-12-14-19(15-13-18)27-23(31)16-32-25-20-10-6-7-11-21(20)28-24(29-25)17-8-4-3-5-9-17/h6-7,10-15,17H,2-5,8-9,16H2,1H3,(H,26,30)(H,27,31). The highest BCUT2D eigenvalue weighted by molar-refractivity contribution is 8.00. The molecule has 2 amide bonds. The van der Waals surface area contributed by atoms with E-state index in [4.69, 9.17) is 9.97 Å². The average Bonchev–Trinajstić information content (AvgIpc) is 2.84. The van der Waals surface area contributed by atoms with Crippen LogP contribution in [0.3, 0.4) is 0 Å². The van der Waals surface area contributed by atoms with E-state index in [1.807, 2.05) is 24.3 Å². The molecule has 3 aromatic rings. The third-order valence-corrected chi connectivity index (χ3v) is 6.66. The van der Waals surface area contributed by atoms with Gasteiger partial charge in [-0.2, -0.15) is 0 Å². The topological polar surface area (TPSA) is 84.0 Å². The molecule has 0 radical (unpaired) electrons. The van der Waals surface area contributed by atoms with Gasteiger partial charge in [-0.1, -0.05) is 56.1 Å². The summed E-state index contributed by atoms with van der Waals surface area (Å²) in [5, 5.41) is 7.57. The van der Waals surface area contributed by atoms with Crippen LogP contribution in [0.25, 0.3) is 10.9 Å². The van der Waals surface area contributed by atoms with Gasteiger partial charge in [0.1, 0.15) is 10.9 Å². The maximum atomic E-state index is 12.6. The van der Waals surface area contributed by atoms with Gasteiger partial charge in [-0.25, -0.2) is 9.97 Å². The first-order valence-electron chi connectivity index (χ1n) is 11.2. The molecular weight excluding hydrogens is 420 g/mol. The number of aromatic nitrogens is 2.